The topological polar surface area (TPSA) is 151 Å². The van der Waals surface area contributed by atoms with Crippen LogP contribution in [-0.2, 0) is 74.7 Å². The summed E-state index contributed by atoms with van der Waals surface area (Å²) in [5, 5.41) is 31.0. The van der Waals surface area contributed by atoms with E-state index in [4.69, 9.17) is 30.3 Å². The van der Waals surface area contributed by atoms with Crippen molar-refractivity contribution < 1.29 is 90.0 Å². The number of aromatic nitrogens is 3. The number of aliphatic hydroxyl groups is 3. The molecule has 0 unspecified atom stereocenters. The van der Waals surface area contributed by atoms with E-state index in [1.165, 1.54) is 92.6 Å². The molecule has 0 saturated carbocycles. The first-order valence-electron chi connectivity index (χ1n) is 26.1. The summed E-state index contributed by atoms with van der Waals surface area (Å²) in [6.07, 6.45) is 3.50. The Kier molecular flexibility index (Phi) is 29.8. The number of carbonyl (C=O) groups is 3. The van der Waals surface area contributed by atoms with Gasteiger partial charge in [0.1, 0.15) is 0 Å². The largest absolute Gasteiger partial charge is 0.512 e. The molecule has 0 fully saturated rings. The van der Waals surface area contributed by atoms with E-state index in [2.05, 4.69) is 147 Å². The molecule has 8 aromatic carbocycles. The number of ketones is 3. The van der Waals surface area contributed by atoms with E-state index < -0.39 is 0 Å². The number of hydrogen-bond acceptors (Lipinski definition) is 9. The van der Waals surface area contributed by atoms with Crippen molar-refractivity contribution in [3.63, 3.8) is 0 Å². The van der Waals surface area contributed by atoms with Crippen molar-refractivity contribution in [2.24, 2.45) is 0 Å². The van der Waals surface area contributed by atoms with E-state index in [0.717, 1.165) is 66.7 Å². The molecule has 0 aliphatic carbocycles. The molecule has 3 radical (unpaired) electrons. The van der Waals surface area contributed by atoms with Gasteiger partial charge < -0.3 is 15.3 Å². The minimum atomic E-state index is -0.125. The molecule has 0 spiro atoms. The Morgan fingerprint density at radius 2 is 0.750 bits per heavy atom. The van der Waals surface area contributed by atoms with Gasteiger partial charge in [-0.05, 0) is 93.0 Å². The van der Waals surface area contributed by atoms with Gasteiger partial charge >= 0.3 is 0 Å². The third-order valence-electron chi connectivity index (χ3n) is 11.6. The van der Waals surface area contributed by atoms with Gasteiger partial charge in [-0.15, -0.1) is 93.9 Å². The monoisotopic (exact) mass is 1650 g/mol. The van der Waals surface area contributed by atoms with Gasteiger partial charge in [-0.3, -0.25) is 29.3 Å². The van der Waals surface area contributed by atoms with Crippen LogP contribution in [0.5, 0.6) is 0 Å². The first-order valence-corrected chi connectivity index (χ1v) is 26.1. The number of fused-ring (bicyclic) bond motifs is 4. The Hall–Kier alpha value is -8.17. The molecule has 3 heterocycles. The van der Waals surface area contributed by atoms with Crippen molar-refractivity contribution in [1.82, 2.24) is 15.0 Å². The van der Waals surface area contributed by atoms with Crippen molar-refractivity contribution in [3.8, 4) is 44.9 Å². The van der Waals surface area contributed by atoms with Gasteiger partial charge in [0, 0.05) is 78.5 Å². The zero-order valence-electron chi connectivity index (χ0n) is 47.8. The molecule has 0 aliphatic heterocycles. The molecule has 9 nitrogen and oxygen atoms in total. The maximum Gasteiger partial charge on any atom is 0.155 e. The van der Waals surface area contributed by atoms with E-state index in [1.54, 1.807) is 0 Å². The molecule has 0 aliphatic rings. The second-order valence-corrected chi connectivity index (χ2v) is 18.9. The molecule has 3 aromatic heterocycles. The smallest absolute Gasteiger partial charge is 0.155 e. The molecule has 433 valence electrons. The molecule has 0 amide bonds. The fourth-order valence-corrected chi connectivity index (χ4v) is 8.23. The summed E-state index contributed by atoms with van der Waals surface area (Å²) in [5.41, 5.74) is 13.9. The van der Waals surface area contributed by atoms with E-state index in [0.29, 0.717) is 0 Å². The summed E-state index contributed by atoms with van der Waals surface area (Å²) in [5.74, 6) is -0.187. The minimum Gasteiger partial charge on any atom is -0.512 e. The third-order valence-corrected chi connectivity index (χ3v) is 11.6. The summed E-state index contributed by atoms with van der Waals surface area (Å²) in [4.78, 5) is 44.2. The Bertz CT molecular complexity index is 3860. The number of hydrogen-bond donors (Lipinski definition) is 3. The standard InChI is InChI=1S/C21H14N.C19H12N.C17H14N.3C5H8O2.3Ir/c1-2-6-16(7-3-1)17-10-12-19(13-11-17)21-15-14-18-8-4-5-9-20(18)22-21;1-2-7-16-13-17(10-9-14(16)5-1)19-12-11-15-6-3-4-8-18(15)20-19;1-12-9-13(2)11-15(10-12)17-8-7-14-5-3-4-6-16(14)18-17;3*1-4(6)3-5(2)7;;;/h1-12,14-15H;1-9,11-13H;3-10H,1-2H3;3*3,6H,1-2H3;;;/q3*-1;;;;;;. The number of para-hydroxylation sites is 3. The van der Waals surface area contributed by atoms with Gasteiger partial charge in [0.2, 0.25) is 0 Å². The molecule has 0 bridgehead atoms. The number of rotatable bonds is 7. The minimum absolute atomic E-state index is 0. The van der Waals surface area contributed by atoms with Crippen LogP contribution in [0.4, 0.5) is 0 Å². The predicted molar refractivity (Wildman–Crippen MR) is 332 cm³/mol. The van der Waals surface area contributed by atoms with E-state index in [1.807, 2.05) is 91.0 Å². The number of aryl methyl sites for hydroxylation is 2. The van der Waals surface area contributed by atoms with E-state index in [-0.39, 0.29) is 94.9 Å². The molecule has 3 N–H and O–H groups in total. The number of pyridine rings is 3. The second-order valence-electron chi connectivity index (χ2n) is 18.9. The molecule has 84 heavy (non-hydrogen) atoms. The number of nitrogens with zero attached hydrogens (tertiary/aromatic N) is 3. The second kappa shape index (κ2) is 35.7. The van der Waals surface area contributed by atoms with Crippen molar-refractivity contribution in [2.75, 3.05) is 0 Å². The number of benzene rings is 8. The van der Waals surface area contributed by atoms with Crippen LogP contribution in [0, 0.1) is 32.0 Å². The van der Waals surface area contributed by atoms with Gasteiger partial charge in [0.25, 0.3) is 0 Å². The quantitative estimate of drug-likeness (QED) is 0.0805. The van der Waals surface area contributed by atoms with Crippen LogP contribution < -0.4 is 0 Å². The average Bonchev–Trinajstić information content (AvgIpc) is 3.48. The molecule has 11 aromatic rings. The van der Waals surface area contributed by atoms with Crippen LogP contribution in [0.15, 0.2) is 242 Å². The summed E-state index contributed by atoms with van der Waals surface area (Å²) in [7, 11) is 0. The van der Waals surface area contributed by atoms with Crippen LogP contribution in [0.25, 0.3) is 88.4 Å². The maximum atomic E-state index is 10.0. The first-order chi connectivity index (χ1) is 38.9. The Morgan fingerprint density at radius 3 is 1.14 bits per heavy atom. The summed E-state index contributed by atoms with van der Waals surface area (Å²) >= 11 is 0. The van der Waals surface area contributed by atoms with E-state index >= 15 is 0 Å². The van der Waals surface area contributed by atoms with E-state index in [9.17, 15) is 14.4 Å². The number of allylic oxidation sites excluding steroid dienone is 6. The summed E-state index contributed by atoms with van der Waals surface area (Å²) in [6, 6.07) is 80.4. The molecular formula is C72H64Ir3N3O6-3. The third kappa shape index (κ3) is 23.2. The maximum absolute atomic E-state index is 10.0. The van der Waals surface area contributed by atoms with Crippen molar-refractivity contribution >= 4 is 60.8 Å². The zero-order valence-corrected chi connectivity index (χ0v) is 55.0. The number of aliphatic hydroxyl groups excluding tert-OH is 3. The molecule has 12 heteroatoms. The average molecular weight is 1640 g/mol. The fraction of sp³-hybridized carbons (Fsp3) is 0.111. The van der Waals surface area contributed by atoms with Crippen molar-refractivity contribution in [2.45, 2.75) is 55.4 Å². The Labute approximate surface area is 533 Å². The fourth-order valence-electron chi connectivity index (χ4n) is 8.23. The zero-order chi connectivity index (χ0) is 58.3. The van der Waals surface area contributed by atoms with Gasteiger partial charge in [-0.25, -0.2) is 0 Å². The van der Waals surface area contributed by atoms with Crippen molar-refractivity contribution in [3.05, 3.63) is 271 Å². The van der Waals surface area contributed by atoms with Gasteiger partial charge in [-0.1, -0.05) is 176 Å². The Balaban J connectivity index is 0.000000279. The first kappa shape index (κ1) is 70.1. The number of carbonyl (C=O) groups excluding carboxylic acids is 3. The molecule has 11 rings (SSSR count). The van der Waals surface area contributed by atoms with Crippen molar-refractivity contribution in [1.29, 1.82) is 0 Å². The summed E-state index contributed by atoms with van der Waals surface area (Å²) in [6.45, 7) is 12.7. The molecule has 0 atom stereocenters. The molecular weight excluding hydrogens is 1580 g/mol. The van der Waals surface area contributed by atoms with Crippen LogP contribution >= 0.6 is 0 Å². The SMILES string of the molecule is CC(=O)C=C(C)O.CC(=O)C=C(C)O.CC(=O)C=C(C)O.Cc1[c-]c(-c2ccc3ccccc3n2)cc(C)c1.[Ir].[Ir].[Ir].[c-]1cc(-c2ccccc2)ccc1-c1ccc2ccccc2n1.[c-]1cc2ccccc2cc1-c1ccc2ccccc2n1. The van der Waals surface area contributed by atoms with Crippen LogP contribution in [0.2, 0.25) is 0 Å². The molecule has 0 saturated heterocycles. The summed E-state index contributed by atoms with van der Waals surface area (Å²) < 4.78 is 0. The van der Waals surface area contributed by atoms with Crippen LogP contribution in [-0.4, -0.2) is 47.6 Å². The van der Waals surface area contributed by atoms with Gasteiger partial charge in [0.15, 0.2) is 17.3 Å². The Morgan fingerprint density at radius 1 is 0.369 bits per heavy atom. The normalized spacial score (nSPS) is 10.6. The predicted octanol–water partition coefficient (Wildman–Crippen LogP) is 17.6. The van der Waals surface area contributed by atoms with Gasteiger partial charge in [0.05, 0.1) is 33.8 Å². The van der Waals surface area contributed by atoms with Gasteiger partial charge in [-0.2, -0.15) is 0 Å². The van der Waals surface area contributed by atoms with Crippen LogP contribution in [0.1, 0.15) is 52.7 Å². The van der Waals surface area contributed by atoms with Crippen LogP contribution in [0.3, 0.4) is 0 Å².